The van der Waals surface area contributed by atoms with Gasteiger partial charge >= 0.3 is 6.03 Å². The maximum atomic E-state index is 12.4. The summed E-state index contributed by atoms with van der Waals surface area (Å²) in [4.78, 5) is 16.6. The van der Waals surface area contributed by atoms with Gasteiger partial charge in [0.2, 0.25) is 0 Å². The summed E-state index contributed by atoms with van der Waals surface area (Å²) >= 11 is 6.14. The maximum absolute atomic E-state index is 12.4. The summed E-state index contributed by atoms with van der Waals surface area (Å²) < 4.78 is 0. The number of carbonyl (C=O) groups is 1. The molecule has 1 aliphatic rings. The van der Waals surface area contributed by atoms with E-state index in [1.165, 1.54) is 0 Å². The molecule has 1 aliphatic heterocycles. The number of anilines is 1. The largest absolute Gasteiger partial charge is 0.324 e. The lowest BCUT2D eigenvalue weighted by molar-refractivity contribution is 0.113. The lowest BCUT2D eigenvalue weighted by Crippen LogP contribution is -2.50. The molecule has 2 rings (SSSR count). The van der Waals surface area contributed by atoms with E-state index in [-0.39, 0.29) is 12.1 Å². The lowest BCUT2D eigenvalue weighted by Gasteiger charge is -2.39. The molecular formula is C16H24ClN3O. The number of likely N-dealkylation sites (tertiary alicyclic amines) is 1. The Bertz CT molecular complexity index is 520. The van der Waals surface area contributed by atoms with Crippen LogP contribution in [0.4, 0.5) is 10.5 Å². The first-order chi connectivity index (χ1) is 9.88. The minimum Gasteiger partial charge on any atom is -0.324 e. The number of amides is 2. The van der Waals surface area contributed by atoms with Crippen molar-refractivity contribution < 1.29 is 4.79 Å². The molecular weight excluding hydrogens is 286 g/mol. The Morgan fingerprint density at radius 2 is 2.19 bits per heavy atom. The fraction of sp³-hybridized carbons (Fsp3) is 0.562. The number of nitrogens with zero attached hydrogens (tertiary/aromatic N) is 2. The van der Waals surface area contributed by atoms with Gasteiger partial charge < -0.3 is 15.1 Å². The smallest absolute Gasteiger partial charge is 0.321 e. The quantitative estimate of drug-likeness (QED) is 0.908. The van der Waals surface area contributed by atoms with Gasteiger partial charge in [-0.25, -0.2) is 4.79 Å². The zero-order valence-corrected chi connectivity index (χ0v) is 13.9. The van der Waals surface area contributed by atoms with Gasteiger partial charge in [-0.1, -0.05) is 24.6 Å². The molecule has 0 bridgehead atoms. The number of urea groups is 1. The van der Waals surface area contributed by atoms with Crippen molar-refractivity contribution in [3.05, 3.63) is 28.8 Å². The number of piperidine rings is 1. The van der Waals surface area contributed by atoms with Crippen LogP contribution in [0.15, 0.2) is 18.2 Å². The van der Waals surface area contributed by atoms with Crippen LogP contribution >= 0.6 is 11.6 Å². The highest BCUT2D eigenvalue weighted by Crippen LogP contribution is 2.25. The molecule has 2 atom stereocenters. The van der Waals surface area contributed by atoms with Gasteiger partial charge in [0, 0.05) is 19.6 Å². The third-order valence-electron chi connectivity index (χ3n) is 4.24. The number of aryl methyl sites for hydroxylation is 1. The van der Waals surface area contributed by atoms with Gasteiger partial charge in [0.05, 0.1) is 10.7 Å². The first-order valence-electron chi connectivity index (χ1n) is 7.37. The lowest BCUT2D eigenvalue weighted by atomic mass is 9.93. The SMILES string of the molecule is Cc1ccc(Cl)c(NC(=O)N(C)[C@@H]2CCN(C)C[C@H]2C)c1. The Morgan fingerprint density at radius 3 is 2.86 bits per heavy atom. The van der Waals surface area contributed by atoms with Crippen molar-refractivity contribution in [2.75, 3.05) is 32.5 Å². The zero-order chi connectivity index (χ0) is 15.6. The highest BCUT2D eigenvalue weighted by atomic mass is 35.5. The van der Waals surface area contributed by atoms with E-state index in [4.69, 9.17) is 11.6 Å². The summed E-state index contributed by atoms with van der Waals surface area (Å²) in [6.07, 6.45) is 1.00. The predicted molar refractivity (Wildman–Crippen MR) is 88.0 cm³/mol. The van der Waals surface area contributed by atoms with Crippen molar-refractivity contribution in [3.63, 3.8) is 0 Å². The molecule has 5 heteroatoms. The zero-order valence-electron chi connectivity index (χ0n) is 13.2. The molecule has 0 saturated carbocycles. The van der Waals surface area contributed by atoms with E-state index in [0.717, 1.165) is 25.1 Å². The van der Waals surface area contributed by atoms with E-state index in [0.29, 0.717) is 16.6 Å². The van der Waals surface area contributed by atoms with Crippen LogP contribution in [0, 0.1) is 12.8 Å². The van der Waals surface area contributed by atoms with E-state index >= 15 is 0 Å². The molecule has 21 heavy (non-hydrogen) atoms. The standard InChI is InChI=1S/C16H24ClN3O/c1-11-5-6-13(17)14(9-11)18-16(21)20(4)15-7-8-19(3)10-12(15)2/h5-6,9,12,15H,7-8,10H2,1-4H3,(H,18,21)/t12-,15-/m1/s1. The molecule has 1 N–H and O–H groups in total. The molecule has 1 heterocycles. The molecule has 0 aromatic heterocycles. The van der Waals surface area contributed by atoms with Crippen LogP contribution in [0.2, 0.25) is 5.02 Å². The van der Waals surface area contributed by atoms with Gasteiger partial charge in [-0.05, 0) is 50.6 Å². The Balaban J connectivity index is 2.04. The number of carbonyl (C=O) groups excluding carboxylic acids is 1. The first-order valence-corrected chi connectivity index (χ1v) is 7.74. The monoisotopic (exact) mass is 309 g/mol. The maximum Gasteiger partial charge on any atom is 0.321 e. The molecule has 0 spiro atoms. The summed E-state index contributed by atoms with van der Waals surface area (Å²) in [6, 6.07) is 5.81. The van der Waals surface area contributed by atoms with E-state index in [1.807, 2.05) is 37.1 Å². The van der Waals surface area contributed by atoms with Crippen molar-refractivity contribution in [1.29, 1.82) is 0 Å². The summed E-state index contributed by atoms with van der Waals surface area (Å²) in [7, 11) is 3.99. The molecule has 116 valence electrons. The summed E-state index contributed by atoms with van der Waals surface area (Å²) in [5.74, 6) is 0.465. The minimum absolute atomic E-state index is 0.0936. The van der Waals surface area contributed by atoms with Crippen LogP contribution in [0.25, 0.3) is 0 Å². The second-order valence-corrected chi connectivity index (χ2v) is 6.53. The third kappa shape index (κ3) is 3.89. The van der Waals surface area contributed by atoms with Crippen LogP contribution in [0.1, 0.15) is 18.9 Å². The Morgan fingerprint density at radius 1 is 1.48 bits per heavy atom. The molecule has 1 aromatic carbocycles. The normalized spacial score (nSPS) is 22.9. The molecule has 4 nitrogen and oxygen atoms in total. The topological polar surface area (TPSA) is 35.6 Å². The summed E-state index contributed by atoms with van der Waals surface area (Å²) in [6.45, 7) is 6.23. The van der Waals surface area contributed by atoms with Crippen LogP contribution in [-0.4, -0.2) is 49.1 Å². The Kier molecular flexibility index (Phi) is 5.12. The highest BCUT2D eigenvalue weighted by Gasteiger charge is 2.30. The Labute approximate surface area is 132 Å². The van der Waals surface area contributed by atoms with Crippen LogP contribution in [0.5, 0.6) is 0 Å². The van der Waals surface area contributed by atoms with Gasteiger partial charge in [0.1, 0.15) is 0 Å². The molecule has 0 unspecified atom stereocenters. The first kappa shape index (κ1) is 16.1. The van der Waals surface area contributed by atoms with Gasteiger partial charge in [-0.2, -0.15) is 0 Å². The van der Waals surface area contributed by atoms with Crippen LogP contribution < -0.4 is 5.32 Å². The van der Waals surface area contributed by atoms with Gasteiger partial charge in [-0.3, -0.25) is 0 Å². The van der Waals surface area contributed by atoms with Gasteiger partial charge in [0.25, 0.3) is 0 Å². The van der Waals surface area contributed by atoms with Crippen LogP contribution in [0.3, 0.4) is 0 Å². The van der Waals surface area contributed by atoms with Gasteiger partial charge in [-0.15, -0.1) is 0 Å². The molecule has 2 amide bonds. The third-order valence-corrected chi connectivity index (χ3v) is 4.57. The number of hydrogen-bond donors (Lipinski definition) is 1. The van der Waals surface area contributed by atoms with Crippen molar-refractivity contribution >= 4 is 23.3 Å². The predicted octanol–water partition coefficient (Wildman–Crippen LogP) is 3.45. The van der Waals surface area contributed by atoms with Crippen molar-refractivity contribution in [2.24, 2.45) is 5.92 Å². The summed E-state index contributed by atoms with van der Waals surface area (Å²) in [5.41, 5.74) is 1.75. The Hall–Kier alpha value is -1.26. The fourth-order valence-corrected chi connectivity index (χ4v) is 3.17. The summed E-state index contributed by atoms with van der Waals surface area (Å²) in [5, 5.41) is 3.49. The second kappa shape index (κ2) is 6.67. The van der Waals surface area contributed by atoms with Crippen molar-refractivity contribution in [2.45, 2.75) is 26.3 Å². The molecule has 0 aliphatic carbocycles. The number of benzene rings is 1. The second-order valence-electron chi connectivity index (χ2n) is 6.12. The number of hydrogen-bond acceptors (Lipinski definition) is 2. The van der Waals surface area contributed by atoms with E-state index < -0.39 is 0 Å². The molecule has 1 aromatic rings. The van der Waals surface area contributed by atoms with E-state index in [2.05, 4.69) is 24.2 Å². The molecule has 0 radical (unpaired) electrons. The van der Waals surface area contributed by atoms with Crippen molar-refractivity contribution in [3.8, 4) is 0 Å². The highest BCUT2D eigenvalue weighted by molar-refractivity contribution is 6.33. The van der Waals surface area contributed by atoms with E-state index in [1.54, 1.807) is 0 Å². The number of rotatable bonds is 2. The molecule has 1 saturated heterocycles. The van der Waals surface area contributed by atoms with Crippen molar-refractivity contribution in [1.82, 2.24) is 9.80 Å². The molecule has 1 fully saturated rings. The van der Waals surface area contributed by atoms with Gasteiger partial charge in [0.15, 0.2) is 0 Å². The average Bonchev–Trinajstić information content (AvgIpc) is 2.42. The van der Waals surface area contributed by atoms with E-state index in [9.17, 15) is 4.79 Å². The fourth-order valence-electron chi connectivity index (χ4n) is 3.01. The number of halogens is 1. The number of nitrogens with one attached hydrogen (secondary N) is 1. The minimum atomic E-state index is -0.0936. The average molecular weight is 310 g/mol. The van der Waals surface area contributed by atoms with Crippen LogP contribution in [-0.2, 0) is 0 Å².